The van der Waals surface area contributed by atoms with E-state index in [1.165, 1.54) is 0 Å². The van der Waals surface area contributed by atoms with Gasteiger partial charge in [-0.3, -0.25) is 14.4 Å². The van der Waals surface area contributed by atoms with E-state index in [1.54, 1.807) is 20.8 Å². The van der Waals surface area contributed by atoms with Crippen LogP contribution < -0.4 is 27.4 Å². The average Bonchev–Trinajstić information content (AvgIpc) is 2.72. The minimum Gasteiger partial charge on any atom is -0.480 e. The molecule has 0 saturated heterocycles. The van der Waals surface area contributed by atoms with Crippen LogP contribution in [0.2, 0.25) is 0 Å². The number of nitrogens with two attached hydrogens (primary N) is 2. The SMILES string of the molecule is CCC(C)C(NC(=O)C(N)CS)C(=O)NC(CCCCN)C(=O)NC(C(=O)O)C(C)C. The molecule has 0 aromatic carbocycles. The summed E-state index contributed by atoms with van der Waals surface area (Å²) in [7, 11) is 0. The van der Waals surface area contributed by atoms with E-state index in [1.807, 2.05) is 6.92 Å². The largest absolute Gasteiger partial charge is 0.480 e. The first kappa shape index (κ1) is 29.1. The Kier molecular flexibility index (Phi) is 14.1. The summed E-state index contributed by atoms with van der Waals surface area (Å²) >= 11 is 4.00. The van der Waals surface area contributed by atoms with Gasteiger partial charge in [0.1, 0.15) is 18.1 Å². The summed E-state index contributed by atoms with van der Waals surface area (Å²) in [4.78, 5) is 49.4. The number of aliphatic carboxylic acids is 1. The Bertz CT molecular complexity index is 605. The lowest BCUT2D eigenvalue weighted by molar-refractivity contribution is -0.143. The monoisotopic (exact) mass is 461 g/mol. The predicted octanol–water partition coefficient (Wildman–Crippen LogP) is -0.386. The number of amides is 3. The number of unbranched alkanes of at least 4 members (excludes halogenated alkanes) is 1. The predicted molar refractivity (Wildman–Crippen MR) is 122 cm³/mol. The molecule has 0 radical (unpaired) electrons. The first-order chi connectivity index (χ1) is 14.5. The van der Waals surface area contributed by atoms with Crippen molar-refractivity contribution in [2.45, 2.75) is 77.5 Å². The van der Waals surface area contributed by atoms with E-state index < -0.39 is 47.9 Å². The topological polar surface area (TPSA) is 177 Å². The van der Waals surface area contributed by atoms with Gasteiger partial charge in [-0.25, -0.2) is 4.79 Å². The van der Waals surface area contributed by atoms with E-state index in [-0.39, 0.29) is 24.0 Å². The molecule has 180 valence electrons. The zero-order valence-corrected chi connectivity index (χ0v) is 19.8. The van der Waals surface area contributed by atoms with E-state index in [2.05, 4.69) is 28.6 Å². The van der Waals surface area contributed by atoms with E-state index in [4.69, 9.17) is 11.5 Å². The number of thiol groups is 1. The Morgan fingerprint density at radius 2 is 1.52 bits per heavy atom. The highest BCUT2D eigenvalue weighted by Gasteiger charge is 2.32. The molecule has 0 rings (SSSR count). The molecule has 5 unspecified atom stereocenters. The third kappa shape index (κ3) is 10.3. The van der Waals surface area contributed by atoms with Crippen LogP contribution in [0.25, 0.3) is 0 Å². The number of carboxylic acids is 1. The number of carbonyl (C=O) groups is 4. The molecule has 0 heterocycles. The van der Waals surface area contributed by atoms with Crippen molar-refractivity contribution in [3.63, 3.8) is 0 Å². The molecule has 0 aromatic heterocycles. The van der Waals surface area contributed by atoms with Crippen LogP contribution in [0, 0.1) is 11.8 Å². The van der Waals surface area contributed by atoms with Crippen molar-refractivity contribution in [3.8, 4) is 0 Å². The number of hydrogen-bond acceptors (Lipinski definition) is 7. The minimum atomic E-state index is -1.15. The van der Waals surface area contributed by atoms with Gasteiger partial charge in [-0.2, -0.15) is 12.6 Å². The summed E-state index contributed by atoms with van der Waals surface area (Å²) < 4.78 is 0. The summed E-state index contributed by atoms with van der Waals surface area (Å²) in [6.07, 6.45) is 2.11. The van der Waals surface area contributed by atoms with Crippen LogP contribution in [-0.2, 0) is 19.2 Å². The van der Waals surface area contributed by atoms with Gasteiger partial charge >= 0.3 is 5.97 Å². The second-order valence-corrected chi connectivity index (χ2v) is 8.44. The van der Waals surface area contributed by atoms with Gasteiger partial charge in [-0.05, 0) is 37.6 Å². The number of hydrogen-bond donors (Lipinski definition) is 7. The van der Waals surface area contributed by atoms with Gasteiger partial charge in [-0.1, -0.05) is 34.1 Å². The molecule has 0 aromatic rings. The number of nitrogens with one attached hydrogen (secondary N) is 3. The first-order valence-corrected chi connectivity index (χ1v) is 11.3. The van der Waals surface area contributed by atoms with Gasteiger partial charge in [0.05, 0.1) is 6.04 Å². The lowest BCUT2D eigenvalue weighted by atomic mass is 9.97. The van der Waals surface area contributed by atoms with Crippen LogP contribution in [0.3, 0.4) is 0 Å². The van der Waals surface area contributed by atoms with Gasteiger partial charge in [0.2, 0.25) is 17.7 Å². The molecule has 0 aliphatic heterocycles. The van der Waals surface area contributed by atoms with Crippen molar-refractivity contribution in [1.29, 1.82) is 0 Å². The minimum absolute atomic E-state index is 0.122. The summed E-state index contributed by atoms with van der Waals surface area (Å²) in [5.74, 6) is -3.21. The highest BCUT2D eigenvalue weighted by Crippen LogP contribution is 2.11. The number of carboxylic acid groups (broad SMARTS) is 1. The molecule has 0 bridgehead atoms. The van der Waals surface area contributed by atoms with Gasteiger partial charge in [-0.15, -0.1) is 0 Å². The number of carbonyl (C=O) groups excluding carboxylic acids is 3. The van der Waals surface area contributed by atoms with Crippen molar-refractivity contribution in [3.05, 3.63) is 0 Å². The highest BCUT2D eigenvalue weighted by molar-refractivity contribution is 7.80. The molecule has 10 nitrogen and oxygen atoms in total. The zero-order valence-electron chi connectivity index (χ0n) is 18.9. The fourth-order valence-corrected chi connectivity index (χ4v) is 3.00. The van der Waals surface area contributed by atoms with Crippen molar-refractivity contribution in [1.82, 2.24) is 16.0 Å². The van der Waals surface area contributed by atoms with E-state index in [9.17, 15) is 24.3 Å². The first-order valence-electron chi connectivity index (χ1n) is 10.7. The maximum atomic E-state index is 13.0. The summed E-state index contributed by atoms with van der Waals surface area (Å²) in [6.45, 7) is 7.47. The molecule has 0 saturated carbocycles. The Morgan fingerprint density at radius 3 is 1.97 bits per heavy atom. The molecule has 31 heavy (non-hydrogen) atoms. The van der Waals surface area contributed by atoms with E-state index in [0.29, 0.717) is 25.8 Å². The normalized spacial score (nSPS) is 16.0. The smallest absolute Gasteiger partial charge is 0.326 e. The fraction of sp³-hybridized carbons (Fsp3) is 0.800. The Hall–Kier alpha value is -1.85. The second-order valence-electron chi connectivity index (χ2n) is 8.08. The Morgan fingerprint density at radius 1 is 0.935 bits per heavy atom. The van der Waals surface area contributed by atoms with Gasteiger partial charge in [0, 0.05) is 5.75 Å². The maximum Gasteiger partial charge on any atom is 0.326 e. The molecular formula is C20H39N5O5S. The summed E-state index contributed by atoms with van der Waals surface area (Å²) in [5, 5.41) is 17.2. The zero-order chi connectivity index (χ0) is 24.1. The fourth-order valence-electron chi connectivity index (χ4n) is 2.84. The lowest BCUT2D eigenvalue weighted by Crippen LogP contribution is -2.59. The van der Waals surface area contributed by atoms with Gasteiger partial charge in [0.15, 0.2) is 0 Å². The van der Waals surface area contributed by atoms with Crippen molar-refractivity contribution >= 4 is 36.3 Å². The molecule has 3 amide bonds. The maximum absolute atomic E-state index is 13.0. The quantitative estimate of drug-likeness (QED) is 0.128. The highest BCUT2D eigenvalue weighted by atomic mass is 32.1. The molecule has 8 N–H and O–H groups in total. The molecule has 11 heteroatoms. The van der Waals surface area contributed by atoms with Crippen LogP contribution in [0.4, 0.5) is 0 Å². The molecule has 5 atom stereocenters. The summed E-state index contributed by atoms with van der Waals surface area (Å²) in [5.41, 5.74) is 11.2. The van der Waals surface area contributed by atoms with Crippen LogP contribution in [0.5, 0.6) is 0 Å². The van der Waals surface area contributed by atoms with Crippen LogP contribution in [-0.4, -0.2) is 65.3 Å². The lowest BCUT2D eigenvalue weighted by Gasteiger charge is -2.28. The van der Waals surface area contributed by atoms with Crippen LogP contribution >= 0.6 is 12.6 Å². The average molecular weight is 462 g/mol. The van der Waals surface area contributed by atoms with E-state index >= 15 is 0 Å². The van der Waals surface area contributed by atoms with Crippen molar-refractivity contribution in [2.24, 2.45) is 23.3 Å². The van der Waals surface area contributed by atoms with Crippen LogP contribution in [0.1, 0.15) is 53.4 Å². The standard InChI is InChI=1S/C20H39N5O5S/c1-5-12(4)16(25-17(26)13(22)10-31)19(28)23-14(8-6-7-9-21)18(27)24-15(11(2)3)20(29)30/h11-16,31H,5-10,21-22H2,1-4H3,(H,23,28)(H,24,27)(H,25,26)(H,29,30). The Balaban J connectivity index is 5.51. The molecular weight excluding hydrogens is 422 g/mol. The second kappa shape index (κ2) is 15.0. The van der Waals surface area contributed by atoms with Crippen molar-refractivity contribution in [2.75, 3.05) is 12.3 Å². The summed E-state index contributed by atoms with van der Waals surface area (Å²) in [6, 6.07) is -3.80. The third-order valence-corrected chi connectivity index (χ3v) is 5.53. The molecule has 0 spiro atoms. The van der Waals surface area contributed by atoms with Crippen molar-refractivity contribution < 1.29 is 24.3 Å². The molecule has 0 aliphatic rings. The molecule has 0 aliphatic carbocycles. The van der Waals surface area contributed by atoms with Gasteiger partial charge < -0.3 is 32.5 Å². The molecule has 0 fully saturated rings. The van der Waals surface area contributed by atoms with Crippen LogP contribution in [0.15, 0.2) is 0 Å². The van der Waals surface area contributed by atoms with Gasteiger partial charge in [0.25, 0.3) is 0 Å². The third-order valence-electron chi connectivity index (χ3n) is 5.14. The number of rotatable bonds is 15. The van der Waals surface area contributed by atoms with E-state index in [0.717, 1.165) is 0 Å². The Labute approximate surface area is 190 Å².